The van der Waals surface area contributed by atoms with Gasteiger partial charge in [-0.05, 0) is 30.1 Å². The highest BCUT2D eigenvalue weighted by molar-refractivity contribution is 7.99. The Kier molecular flexibility index (Phi) is 3.55. The normalized spacial score (nSPS) is 28.0. The molecule has 2 heteroatoms. The first-order valence-electron chi connectivity index (χ1n) is 6.24. The molecule has 0 amide bonds. The molecule has 1 aliphatic heterocycles. The second-order valence-corrected chi connectivity index (χ2v) is 7.21. The van der Waals surface area contributed by atoms with E-state index in [1.54, 1.807) is 0 Å². The molecule has 0 bridgehead atoms. The van der Waals surface area contributed by atoms with E-state index in [0.29, 0.717) is 0 Å². The van der Waals surface area contributed by atoms with E-state index in [9.17, 15) is 5.11 Å². The van der Waals surface area contributed by atoms with Gasteiger partial charge in [-0.15, -0.1) is 0 Å². The Morgan fingerprint density at radius 2 is 2.06 bits per heavy atom. The van der Waals surface area contributed by atoms with Gasteiger partial charge >= 0.3 is 0 Å². The molecule has 2 rings (SSSR count). The molecule has 1 aromatic rings. The van der Waals surface area contributed by atoms with Crippen LogP contribution in [0.25, 0.3) is 0 Å². The predicted molar refractivity (Wildman–Crippen MR) is 75.6 cm³/mol. The fraction of sp³-hybridized carbons (Fsp3) is 0.600. The van der Waals surface area contributed by atoms with Gasteiger partial charge in [0.2, 0.25) is 0 Å². The lowest BCUT2D eigenvalue weighted by Crippen LogP contribution is -2.44. The molecule has 17 heavy (non-hydrogen) atoms. The van der Waals surface area contributed by atoms with Gasteiger partial charge in [-0.1, -0.05) is 43.7 Å². The maximum atomic E-state index is 10.7. The fourth-order valence-electron chi connectivity index (χ4n) is 2.83. The van der Waals surface area contributed by atoms with E-state index in [-0.39, 0.29) is 5.41 Å². The average Bonchev–Trinajstić information content (AvgIpc) is 2.14. The SMILES string of the molecule is Cc1cccc(CC2(O)CSCC(C)(C)C2)c1. The van der Waals surface area contributed by atoms with E-state index < -0.39 is 5.60 Å². The summed E-state index contributed by atoms with van der Waals surface area (Å²) < 4.78 is 0. The largest absolute Gasteiger partial charge is 0.389 e. The Morgan fingerprint density at radius 1 is 1.29 bits per heavy atom. The Labute approximate surface area is 109 Å². The van der Waals surface area contributed by atoms with Crippen molar-refractivity contribution in [1.29, 1.82) is 0 Å². The molecule has 1 saturated heterocycles. The lowest BCUT2D eigenvalue weighted by atomic mass is 9.79. The fourth-order valence-corrected chi connectivity index (χ4v) is 4.17. The minimum atomic E-state index is -0.528. The first-order valence-corrected chi connectivity index (χ1v) is 7.40. The molecule has 1 aromatic carbocycles. The van der Waals surface area contributed by atoms with Crippen LogP contribution in [-0.4, -0.2) is 22.2 Å². The van der Waals surface area contributed by atoms with Crippen LogP contribution in [0.5, 0.6) is 0 Å². The second-order valence-electron chi connectivity index (χ2n) is 6.22. The Bertz CT molecular complexity index is 400. The zero-order valence-electron chi connectivity index (χ0n) is 11.0. The highest BCUT2D eigenvalue weighted by Crippen LogP contribution is 2.40. The summed E-state index contributed by atoms with van der Waals surface area (Å²) in [7, 11) is 0. The molecule has 0 spiro atoms. The summed E-state index contributed by atoms with van der Waals surface area (Å²) >= 11 is 1.88. The second kappa shape index (κ2) is 4.66. The topological polar surface area (TPSA) is 20.2 Å². The molecule has 0 aliphatic carbocycles. The third-order valence-electron chi connectivity index (χ3n) is 3.29. The standard InChI is InChI=1S/C15H22OS/c1-12-5-4-6-13(7-12)8-15(16)9-14(2,3)10-17-11-15/h4-7,16H,8-11H2,1-3H3. The van der Waals surface area contributed by atoms with Crippen LogP contribution in [0.15, 0.2) is 24.3 Å². The van der Waals surface area contributed by atoms with Crippen LogP contribution < -0.4 is 0 Å². The van der Waals surface area contributed by atoms with Crippen LogP contribution in [0.2, 0.25) is 0 Å². The molecule has 0 saturated carbocycles. The van der Waals surface area contributed by atoms with Gasteiger partial charge in [-0.2, -0.15) is 11.8 Å². The quantitative estimate of drug-likeness (QED) is 0.868. The maximum Gasteiger partial charge on any atom is 0.0783 e. The van der Waals surface area contributed by atoms with E-state index in [0.717, 1.165) is 24.3 Å². The molecule has 1 N–H and O–H groups in total. The highest BCUT2D eigenvalue weighted by atomic mass is 32.2. The van der Waals surface area contributed by atoms with Crippen LogP contribution in [0.1, 0.15) is 31.4 Å². The van der Waals surface area contributed by atoms with E-state index in [2.05, 4.69) is 45.0 Å². The Morgan fingerprint density at radius 3 is 2.71 bits per heavy atom. The van der Waals surface area contributed by atoms with Gasteiger partial charge in [0.1, 0.15) is 0 Å². The molecular weight excluding hydrogens is 228 g/mol. The van der Waals surface area contributed by atoms with Crippen LogP contribution >= 0.6 is 11.8 Å². The number of thioether (sulfide) groups is 1. The molecule has 94 valence electrons. The van der Waals surface area contributed by atoms with Gasteiger partial charge in [0.05, 0.1) is 5.60 Å². The lowest BCUT2D eigenvalue weighted by Gasteiger charge is -2.41. The summed E-state index contributed by atoms with van der Waals surface area (Å²) in [5.74, 6) is 2.02. The van der Waals surface area contributed by atoms with Crippen molar-refractivity contribution in [2.24, 2.45) is 5.41 Å². The van der Waals surface area contributed by atoms with Crippen molar-refractivity contribution < 1.29 is 5.11 Å². The van der Waals surface area contributed by atoms with E-state index in [1.165, 1.54) is 11.1 Å². The number of aliphatic hydroxyl groups is 1. The zero-order chi connectivity index (χ0) is 12.5. The lowest BCUT2D eigenvalue weighted by molar-refractivity contribution is 0.0200. The smallest absolute Gasteiger partial charge is 0.0783 e. The Balaban J connectivity index is 2.12. The van der Waals surface area contributed by atoms with Crippen LogP contribution in [0.3, 0.4) is 0 Å². The number of benzene rings is 1. The first kappa shape index (κ1) is 13.0. The van der Waals surface area contributed by atoms with Gasteiger partial charge in [0, 0.05) is 12.2 Å². The first-order chi connectivity index (χ1) is 7.89. The van der Waals surface area contributed by atoms with Crippen molar-refractivity contribution in [2.45, 2.75) is 39.2 Å². The minimum absolute atomic E-state index is 0.251. The third-order valence-corrected chi connectivity index (χ3v) is 5.01. The van der Waals surface area contributed by atoms with Crippen LogP contribution in [-0.2, 0) is 6.42 Å². The number of hydrogen-bond acceptors (Lipinski definition) is 2. The summed E-state index contributed by atoms with van der Waals surface area (Å²) in [5, 5.41) is 10.7. The third kappa shape index (κ3) is 3.49. The van der Waals surface area contributed by atoms with Crippen LogP contribution in [0.4, 0.5) is 0 Å². The van der Waals surface area contributed by atoms with E-state index in [4.69, 9.17) is 0 Å². The predicted octanol–water partition coefficient (Wildman–Crippen LogP) is 3.43. The molecule has 1 unspecified atom stereocenters. The van der Waals surface area contributed by atoms with Gasteiger partial charge < -0.3 is 5.11 Å². The molecule has 1 nitrogen and oxygen atoms in total. The number of aryl methyl sites for hydroxylation is 1. The zero-order valence-corrected chi connectivity index (χ0v) is 11.8. The van der Waals surface area contributed by atoms with Crippen molar-refractivity contribution in [2.75, 3.05) is 11.5 Å². The van der Waals surface area contributed by atoms with Crippen molar-refractivity contribution in [3.05, 3.63) is 35.4 Å². The monoisotopic (exact) mass is 250 g/mol. The van der Waals surface area contributed by atoms with E-state index >= 15 is 0 Å². The summed E-state index contributed by atoms with van der Waals surface area (Å²) in [4.78, 5) is 0. The molecule has 0 aromatic heterocycles. The summed E-state index contributed by atoms with van der Waals surface area (Å²) in [6, 6.07) is 8.49. The molecule has 1 atom stereocenters. The van der Waals surface area contributed by atoms with Crippen molar-refractivity contribution >= 4 is 11.8 Å². The maximum absolute atomic E-state index is 10.7. The summed E-state index contributed by atoms with van der Waals surface area (Å²) in [5.41, 5.74) is 2.25. The van der Waals surface area contributed by atoms with Crippen molar-refractivity contribution in [3.63, 3.8) is 0 Å². The van der Waals surface area contributed by atoms with Gasteiger partial charge in [0.15, 0.2) is 0 Å². The molecule has 1 aliphatic rings. The molecule has 0 radical (unpaired) electrons. The van der Waals surface area contributed by atoms with Crippen LogP contribution in [0, 0.1) is 12.3 Å². The average molecular weight is 250 g/mol. The van der Waals surface area contributed by atoms with Crippen molar-refractivity contribution in [3.8, 4) is 0 Å². The van der Waals surface area contributed by atoms with E-state index in [1.807, 2.05) is 11.8 Å². The van der Waals surface area contributed by atoms with Gasteiger partial charge in [-0.25, -0.2) is 0 Å². The Hall–Kier alpha value is -0.470. The molecule has 1 heterocycles. The summed E-state index contributed by atoms with van der Waals surface area (Å²) in [6.07, 6.45) is 1.69. The van der Waals surface area contributed by atoms with Gasteiger partial charge in [-0.3, -0.25) is 0 Å². The summed E-state index contributed by atoms with van der Waals surface area (Å²) in [6.45, 7) is 6.61. The highest BCUT2D eigenvalue weighted by Gasteiger charge is 2.38. The van der Waals surface area contributed by atoms with Crippen molar-refractivity contribution in [1.82, 2.24) is 0 Å². The number of rotatable bonds is 2. The minimum Gasteiger partial charge on any atom is -0.389 e. The molecule has 1 fully saturated rings. The van der Waals surface area contributed by atoms with Gasteiger partial charge in [0.25, 0.3) is 0 Å². The number of hydrogen-bond donors (Lipinski definition) is 1. The molecular formula is C15H22OS.